The van der Waals surface area contributed by atoms with Crippen LogP contribution < -0.4 is 0 Å². The van der Waals surface area contributed by atoms with Crippen LogP contribution in [0.2, 0.25) is 0 Å². The topological polar surface area (TPSA) is 73.9 Å². The van der Waals surface area contributed by atoms with E-state index in [4.69, 9.17) is 14.6 Å². The van der Waals surface area contributed by atoms with Gasteiger partial charge in [0.15, 0.2) is 0 Å². The van der Waals surface area contributed by atoms with Crippen LogP contribution in [0.25, 0.3) is 0 Å². The van der Waals surface area contributed by atoms with Crippen molar-refractivity contribution in [2.75, 3.05) is 13.7 Å². The first-order valence-corrected chi connectivity index (χ1v) is 5.09. The highest BCUT2D eigenvalue weighted by atomic mass is 16.4. The van der Waals surface area contributed by atoms with E-state index in [-0.39, 0.29) is 18.4 Å². The molecule has 0 aliphatic heterocycles. The molecule has 0 saturated heterocycles. The SMILES string of the molecule is Cc1cc(CN(C)C(C)CO)oc1C(=O)O. The van der Waals surface area contributed by atoms with E-state index >= 15 is 0 Å². The highest BCUT2D eigenvalue weighted by Crippen LogP contribution is 2.16. The summed E-state index contributed by atoms with van der Waals surface area (Å²) in [6, 6.07) is 1.73. The van der Waals surface area contributed by atoms with E-state index in [9.17, 15) is 4.79 Å². The van der Waals surface area contributed by atoms with Crippen LogP contribution in [0, 0.1) is 6.92 Å². The van der Waals surface area contributed by atoms with Gasteiger partial charge in [-0.2, -0.15) is 0 Å². The first kappa shape index (κ1) is 12.7. The number of aliphatic hydroxyl groups is 1. The Bertz CT molecular complexity index is 372. The monoisotopic (exact) mass is 227 g/mol. The number of carboxylic acids is 1. The number of likely N-dealkylation sites (N-methyl/N-ethyl adjacent to an activating group) is 1. The molecule has 5 nitrogen and oxygen atoms in total. The molecule has 0 aliphatic carbocycles. The molecule has 1 atom stereocenters. The molecular formula is C11H17NO4. The third-order valence-corrected chi connectivity index (χ3v) is 2.58. The normalized spacial score (nSPS) is 13.1. The maximum Gasteiger partial charge on any atom is 0.372 e. The van der Waals surface area contributed by atoms with Crippen molar-refractivity contribution in [3.8, 4) is 0 Å². The largest absolute Gasteiger partial charge is 0.475 e. The summed E-state index contributed by atoms with van der Waals surface area (Å²) in [5.74, 6) is -0.473. The molecular weight excluding hydrogens is 210 g/mol. The van der Waals surface area contributed by atoms with E-state index in [0.29, 0.717) is 17.9 Å². The van der Waals surface area contributed by atoms with Crippen molar-refractivity contribution in [1.29, 1.82) is 0 Å². The number of aromatic carboxylic acids is 1. The van der Waals surface area contributed by atoms with Crippen molar-refractivity contribution in [1.82, 2.24) is 4.90 Å². The molecule has 0 bridgehead atoms. The minimum Gasteiger partial charge on any atom is -0.475 e. The molecule has 0 saturated carbocycles. The highest BCUT2D eigenvalue weighted by molar-refractivity contribution is 5.86. The molecule has 1 aromatic heterocycles. The molecule has 1 rings (SSSR count). The molecule has 0 radical (unpaired) electrons. The lowest BCUT2D eigenvalue weighted by atomic mass is 10.2. The molecule has 2 N–H and O–H groups in total. The second-order valence-corrected chi connectivity index (χ2v) is 3.98. The van der Waals surface area contributed by atoms with Crippen LogP contribution in [-0.2, 0) is 6.54 Å². The van der Waals surface area contributed by atoms with Gasteiger partial charge in [-0.25, -0.2) is 4.79 Å². The fourth-order valence-electron chi connectivity index (χ4n) is 1.38. The van der Waals surface area contributed by atoms with Gasteiger partial charge in [0.2, 0.25) is 5.76 Å². The van der Waals surface area contributed by atoms with Crippen molar-refractivity contribution in [3.05, 3.63) is 23.2 Å². The summed E-state index contributed by atoms with van der Waals surface area (Å²) in [7, 11) is 1.85. The average Bonchev–Trinajstić information content (AvgIpc) is 2.58. The molecule has 0 aromatic carbocycles. The zero-order valence-electron chi connectivity index (χ0n) is 9.73. The second kappa shape index (κ2) is 5.14. The van der Waals surface area contributed by atoms with E-state index in [1.54, 1.807) is 13.0 Å². The van der Waals surface area contributed by atoms with E-state index < -0.39 is 5.97 Å². The van der Waals surface area contributed by atoms with E-state index in [1.165, 1.54) is 0 Å². The summed E-state index contributed by atoms with van der Waals surface area (Å²) in [5, 5.41) is 17.8. The van der Waals surface area contributed by atoms with Gasteiger partial charge in [-0.3, -0.25) is 4.90 Å². The van der Waals surface area contributed by atoms with Gasteiger partial charge in [-0.15, -0.1) is 0 Å². The Morgan fingerprint density at radius 3 is 2.69 bits per heavy atom. The summed E-state index contributed by atoms with van der Waals surface area (Å²) in [5.41, 5.74) is 0.618. The maximum absolute atomic E-state index is 10.8. The summed E-state index contributed by atoms with van der Waals surface area (Å²) >= 11 is 0. The number of aliphatic hydroxyl groups excluding tert-OH is 1. The number of carbonyl (C=O) groups is 1. The van der Waals surface area contributed by atoms with Gasteiger partial charge in [0, 0.05) is 11.6 Å². The Hall–Kier alpha value is -1.33. The van der Waals surface area contributed by atoms with Crippen LogP contribution in [-0.4, -0.2) is 40.8 Å². The smallest absolute Gasteiger partial charge is 0.372 e. The number of hydrogen-bond acceptors (Lipinski definition) is 4. The van der Waals surface area contributed by atoms with Gasteiger partial charge in [-0.05, 0) is 27.0 Å². The van der Waals surface area contributed by atoms with Gasteiger partial charge in [0.05, 0.1) is 13.2 Å². The van der Waals surface area contributed by atoms with Gasteiger partial charge in [-0.1, -0.05) is 0 Å². The van der Waals surface area contributed by atoms with Gasteiger partial charge in [0.1, 0.15) is 5.76 Å². The molecule has 0 aliphatic rings. The van der Waals surface area contributed by atoms with Gasteiger partial charge >= 0.3 is 5.97 Å². The van der Waals surface area contributed by atoms with E-state index in [1.807, 2.05) is 18.9 Å². The molecule has 16 heavy (non-hydrogen) atoms. The minimum absolute atomic E-state index is 0.0127. The lowest BCUT2D eigenvalue weighted by molar-refractivity contribution is 0.0655. The Balaban J connectivity index is 2.75. The Morgan fingerprint density at radius 2 is 2.25 bits per heavy atom. The zero-order valence-corrected chi connectivity index (χ0v) is 9.73. The number of hydrogen-bond donors (Lipinski definition) is 2. The molecule has 1 unspecified atom stereocenters. The van der Waals surface area contributed by atoms with Crippen LogP contribution in [0.15, 0.2) is 10.5 Å². The fraction of sp³-hybridized carbons (Fsp3) is 0.545. The summed E-state index contributed by atoms with van der Waals surface area (Å²) < 4.78 is 5.22. The van der Waals surface area contributed by atoms with Crippen LogP contribution in [0.4, 0.5) is 0 Å². The number of nitrogens with zero attached hydrogens (tertiary/aromatic N) is 1. The average molecular weight is 227 g/mol. The van der Waals surface area contributed by atoms with Gasteiger partial charge in [0.25, 0.3) is 0 Å². The van der Waals surface area contributed by atoms with Crippen molar-refractivity contribution < 1.29 is 19.4 Å². The van der Waals surface area contributed by atoms with Crippen LogP contribution in [0.5, 0.6) is 0 Å². The Morgan fingerprint density at radius 1 is 1.62 bits per heavy atom. The first-order chi connectivity index (χ1) is 7.45. The molecule has 0 spiro atoms. The third-order valence-electron chi connectivity index (χ3n) is 2.58. The van der Waals surface area contributed by atoms with Crippen molar-refractivity contribution in [2.24, 2.45) is 0 Å². The number of carboxylic acid groups (broad SMARTS) is 1. The van der Waals surface area contributed by atoms with Crippen molar-refractivity contribution >= 4 is 5.97 Å². The van der Waals surface area contributed by atoms with E-state index in [2.05, 4.69) is 0 Å². The predicted molar refractivity (Wildman–Crippen MR) is 58.4 cm³/mol. The van der Waals surface area contributed by atoms with Gasteiger partial charge < -0.3 is 14.6 Å². The second-order valence-electron chi connectivity index (χ2n) is 3.98. The van der Waals surface area contributed by atoms with Crippen LogP contribution in [0.1, 0.15) is 28.8 Å². The molecule has 1 aromatic rings. The highest BCUT2D eigenvalue weighted by Gasteiger charge is 2.16. The number of rotatable bonds is 5. The number of aryl methyl sites for hydroxylation is 1. The lowest BCUT2D eigenvalue weighted by Gasteiger charge is -2.21. The van der Waals surface area contributed by atoms with Crippen molar-refractivity contribution in [2.45, 2.75) is 26.4 Å². The standard InChI is InChI=1S/C11H17NO4/c1-7-4-9(16-10(7)11(14)15)5-12(3)8(2)6-13/h4,8,13H,5-6H2,1-3H3,(H,14,15). The third kappa shape index (κ3) is 2.84. The lowest BCUT2D eigenvalue weighted by Crippen LogP contribution is -2.31. The minimum atomic E-state index is -1.05. The molecule has 0 fully saturated rings. The number of furan rings is 1. The first-order valence-electron chi connectivity index (χ1n) is 5.09. The summed E-state index contributed by atoms with van der Waals surface area (Å²) in [6.07, 6.45) is 0. The Kier molecular flexibility index (Phi) is 4.09. The molecule has 1 heterocycles. The fourth-order valence-corrected chi connectivity index (χ4v) is 1.38. The van der Waals surface area contributed by atoms with Crippen molar-refractivity contribution in [3.63, 3.8) is 0 Å². The Labute approximate surface area is 94.3 Å². The molecule has 5 heteroatoms. The molecule has 90 valence electrons. The predicted octanol–water partition coefficient (Wildman–Crippen LogP) is 1.10. The van der Waals surface area contributed by atoms with Crippen LogP contribution in [0.3, 0.4) is 0 Å². The summed E-state index contributed by atoms with van der Waals surface area (Å²) in [6.45, 7) is 4.12. The maximum atomic E-state index is 10.8. The molecule has 0 amide bonds. The summed E-state index contributed by atoms with van der Waals surface area (Å²) in [4.78, 5) is 12.7. The van der Waals surface area contributed by atoms with E-state index in [0.717, 1.165) is 0 Å². The quantitative estimate of drug-likeness (QED) is 0.788. The zero-order chi connectivity index (χ0) is 12.3. The van der Waals surface area contributed by atoms with Crippen LogP contribution >= 0.6 is 0 Å².